The zero-order valence-electron chi connectivity index (χ0n) is 11.0. The normalized spacial score (nSPS) is 23.3. The first-order chi connectivity index (χ1) is 9.09. The van der Waals surface area contributed by atoms with Crippen LogP contribution < -0.4 is 0 Å². The molecule has 1 amide bonds. The molecule has 1 aliphatic heterocycles. The molecule has 1 atom stereocenters. The second-order valence-electron chi connectivity index (χ2n) is 5.04. The number of rotatable bonds is 4. The van der Waals surface area contributed by atoms with Crippen LogP contribution in [-0.4, -0.2) is 40.1 Å². The van der Waals surface area contributed by atoms with Gasteiger partial charge < -0.3 is 14.5 Å². The molecule has 1 aromatic heterocycles. The van der Waals surface area contributed by atoms with Gasteiger partial charge in [0.2, 0.25) is 5.76 Å². The Kier molecular flexibility index (Phi) is 3.87. The van der Waals surface area contributed by atoms with E-state index in [-0.39, 0.29) is 18.2 Å². The lowest BCUT2D eigenvalue weighted by Gasteiger charge is -2.39. The molecule has 0 aromatic carbocycles. The smallest absolute Gasteiger partial charge is 0.311 e. The Morgan fingerprint density at radius 2 is 2.37 bits per heavy atom. The Balaban J connectivity index is 2.16. The lowest BCUT2D eigenvalue weighted by Crippen LogP contribution is -2.49. The van der Waals surface area contributed by atoms with E-state index >= 15 is 0 Å². The minimum Gasteiger partial charge on any atom is -0.481 e. The fourth-order valence-corrected chi connectivity index (χ4v) is 2.75. The SMILES string of the molecule is CCCC1(C(=O)O)CCCN(C(=O)c2ccno2)C1. The number of piperidine rings is 1. The van der Waals surface area contributed by atoms with Crippen molar-refractivity contribution in [2.45, 2.75) is 32.6 Å². The summed E-state index contributed by atoms with van der Waals surface area (Å²) in [6.07, 6.45) is 4.11. The number of carboxylic acids is 1. The number of carbonyl (C=O) groups excluding carboxylic acids is 1. The molecule has 1 N–H and O–H groups in total. The van der Waals surface area contributed by atoms with E-state index in [1.54, 1.807) is 4.90 Å². The Labute approximate surface area is 111 Å². The number of carboxylic acid groups (broad SMARTS) is 1. The monoisotopic (exact) mass is 266 g/mol. The minimum absolute atomic E-state index is 0.165. The summed E-state index contributed by atoms with van der Waals surface area (Å²) in [4.78, 5) is 25.3. The van der Waals surface area contributed by atoms with Gasteiger partial charge in [-0.25, -0.2) is 0 Å². The maximum absolute atomic E-state index is 12.2. The Hall–Kier alpha value is -1.85. The molecule has 0 bridgehead atoms. The molecule has 2 rings (SSSR count). The number of aromatic nitrogens is 1. The van der Waals surface area contributed by atoms with Crippen LogP contribution in [0.5, 0.6) is 0 Å². The average Bonchev–Trinajstić information content (AvgIpc) is 2.92. The molecule has 6 heteroatoms. The predicted molar refractivity (Wildman–Crippen MR) is 66.6 cm³/mol. The number of likely N-dealkylation sites (tertiary alicyclic amines) is 1. The van der Waals surface area contributed by atoms with E-state index in [4.69, 9.17) is 4.52 Å². The topological polar surface area (TPSA) is 83.6 Å². The van der Waals surface area contributed by atoms with Crippen LogP contribution in [0.3, 0.4) is 0 Å². The summed E-state index contributed by atoms with van der Waals surface area (Å²) < 4.78 is 4.85. The van der Waals surface area contributed by atoms with Crippen LogP contribution in [-0.2, 0) is 4.79 Å². The molecule has 104 valence electrons. The van der Waals surface area contributed by atoms with Gasteiger partial charge in [-0.05, 0) is 19.3 Å². The molecule has 1 saturated heterocycles. The molecular weight excluding hydrogens is 248 g/mol. The number of amides is 1. The molecule has 0 saturated carbocycles. The molecule has 0 radical (unpaired) electrons. The number of aliphatic carboxylic acids is 1. The largest absolute Gasteiger partial charge is 0.481 e. The summed E-state index contributed by atoms with van der Waals surface area (Å²) >= 11 is 0. The van der Waals surface area contributed by atoms with Gasteiger partial charge in [-0.2, -0.15) is 0 Å². The van der Waals surface area contributed by atoms with Crippen molar-refractivity contribution >= 4 is 11.9 Å². The number of hydrogen-bond acceptors (Lipinski definition) is 4. The molecule has 0 aliphatic carbocycles. The van der Waals surface area contributed by atoms with Crippen molar-refractivity contribution in [3.63, 3.8) is 0 Å². The van der Waals surface area contributed by atoms with E-state index < -0.39 is 11.4 Å². The van der Waals surface area contributed by atoms with Crippen LogP contribution in [0.2, 0.25) is 0 Å². The lowest BCUT2D eigenvalue weighted by atomic mass is 9.76. The Morgan fingerprint density at radius 3 is 2.95 bits per heavy atom. The predicted octanol–water partition coefficient (Wildman–Crippen LogP) is 1.78. The number of carbonyl (C=O) groups is 2. The summed E-state index contributed by atoms with van der Waals surface area (Å²) in [5.41, 5.74) is -0.817. The van der Waals surface area contributed by atoms with Gasteiger partial charge in [-0.3, -0.25) is 9.59 Å². The van der Waals surface area contributed by atoms with Crippen LogP contribution in [0.25, 0.3) is 0 Å². The van der Waals surface area contributed by atoms with Crippen molar-refractivity contribution < 1.29 is 19.2 Å². The van der Waals surface area contributed by atoms with Crippen LogP contribution in [0.1, 0.15) is 43.2 Å². The number of nitrogens with zero attached hydrogens (tertiary/aromatic N) is 2. The van der Waals surface area contributed by atoms with Gasteiger partial charge in [0, 0.05) is 19.2 Å². The lowest BCUT2D eigenvalue weighted by molar-refractivity contribution is -0.152. The third-order valence-corrected chi connectivity index (χ3v) is 3.69. The van der Waals surface area contributed by atoms with Crippen LogP contribution in [0, 0.1) is 5.41 Å². The maximum atomic E-state index is 12.2. The molecule has 2 heterocycles. The van der Waals surface area contributed by atoms with Crippen molar-refractivity contribution in [3.8, 4) is 0 Å². The standard InChI is InChI=1S/C13H18N2O4/c1-2-5-13(12(17)18)6-3-8-15(9-13)11(16)10-4-7-14-19-10/h4,7H,2-3,5-6,8-9H2,1H3,(H,17,18). The van der Waals surface area contributed by atoms with E-state index in [1.807, 2.05) is 6.92 Å². The third kappa shape index (κ3) is 2.62. The molecular formula is C13H18N2O4. The molecule has 1 fully saturated rings. The highest BCUT2D eigenvalue weighted by Crippen LogP contribution is 2.35. The highest BCUT2D eigenvalue weighted by molar-refractivity contribution is 5.92. The van der Waals surface area contributed by atoms with E-state index in [1.165, 1.54) is 12.3 Å². The van der Waals surface area contributed by atoms with Crippen LogP contribution >= 0.6 is 0 Å². The van der Waals surface area contributed by atoms with Gasteiger partial charge in [0.15, 0.2) is 0 Å². The van der Waals surface area contributed by atoms with Crippen molar-refractivity contribution in [3.05, 3.63) is 18.0 Å². The molecule has 1 aromatic rings. The Bertz CT molecular complexity index is 453. The quantitative estimate of drug-likeness (QED) is 0.898. The summed E-state index contributed by atoms with van der Waals surface area (Å²) in [7, 11) is 0. The first-order valence-corrected chi connectivity index (χ1v) is 6.52. The van der Waals surface area contributed by atoms with Crippen LogP contribution in [0.4, 0.5) is 0 Å². The van der Waals surface area contributed by atoms with Gasteiger partial charge in [-0.15, -0.1) is 0 Å². The van der Waals surface area contributed by atoms with E-state index in [2.05, 4.69) is 5.16 Å². The van der Waals surface area contributed by atoms with Crippen molar-refractivity contribution in [2.24, 2.45) is 5.41 Å². The van der Waals surface area contributed by atoms with Gasteiger partial charge in [0.05, 0.1) is 11.6 Å². The minimum atomic E-state index is -0.817. The first kappa shape index (κ1) is 13.6. The summed E-state index contributed by atoms with van der Waals surface area (Å²) in [6, 6.07) is 1.50. The highest BCUT2D eigenvalue weighted by atomic mass is 16.5. The molecule has 0 spiro atoms. The van der Waals surface area contributed by atoms with Gasteiger partial charge in [0.1, 0.15) is 0 Å². The third-order valence-electron chi connectivity index (χ3n) is 3.69. The molecule has 1 aliphatic rings. The maximum Gasteiger partial charge on any atom is 0.311 e. The van der Waals surface area contributed by atoms with E-state index in [0.717, 1.165) is 6.42 Å². The fraction of sp³-hybridized carbons (Fsp3) is 0.615. The van der Waals surface area contributed by atoms with E-state index in [9.17, 15) is 14.7 Å². The zero-order valence-corrected chi connectivity index (χ0v) is 11.0. The second kappa shape index (κ2) is 5.42. The molecule has 1 unspecified atom stereocenters. The molecule has 19 heavy (non-hydrogen) atoms. The van der Waals surface area contributed by atoms with Gasteiger partial charge in [-0.1, -0.05) is 18.5 Å². The highest BCUT2D eigenvalue weighted by Gasteiger charge is 2.43. The summed E-state index contributed by atoms with van der Waals surface area (Å²) in [6.45, 7) is 2.77. The molecule has 6 nitrogen and oxygen atoms in total. The van der Waals surface area contributed by atoms with Crippen molar-refractivity contribution in [2.75, 3.05) is 13.1 Å². The van der Waals surface area contributed by atoms with Crippen molar-refractivity contribution in [1.82, 2.24) is 10.1 Å². The average molecular weight is 266 g/mol. The van der Waals surface area contributed by atoms with Gasteiger partial charge >= 0.3 is 5.97 Å². The second-order valence-corrected chi connectivity index (χ2v) is 5.04. The summed E-state index contributed by atoms with van der Waals surface area (Å²) in [5.74, 6) is -0.930. The first-order valence-electron chi connectivity index (χ1n) is 6.52. The summed E-state index contributed by atoms with van der Waals surface area (Å²) in [5, 5.41) is 13.0. The zero-order chi connectivity index (χ0) is 13.9. The fourth-order valence-electron chi connectivity index (χ4n) is 2.75. The van der Waals surface area contributed by atoms with E-state index in [0.29, 0.717) is 25.8 Å². The van der Waals surface area contributed by atoms with Crippen LogP contribution in [0.15, 0.2) is 16.8 Å². The van der Waals surface area contributed by atoms with Crippen molar-refractivity contribution in [1.29, 1.82) is 0 Å². The number of hydrogen-bond donors (Lipinski definition) is 1. The van der Waals surface area contributed by atoms with Gasteiger partial charge in [0.25, 0.3) is 5.91 Å². The Morgan fingerprint density at radius 1 is 1.58 bits per heavy atom.